The summed E-state index contributed by atoms with van der Waals surface area (Å²) in [5.41, 5.74) is 0.907. The van der Waals surface area contributed by atoms with Crippen LogP contribution < -0.4 is 10.0 Å². The normalized spacial score (nSPS) is 17.2. The Hall–Kier alpha value is -1.11. The molecule has 0 heterocycles. The molecule has 0 amide bonds. The van der Waals surface area contributed by atoms with Crippen LogP contribution in [0.4, 0.5) is 5.69 Å². The van der Waals surface area contributed by atoms with Gasteiger partial charge < -0.3 is 10.4 Å². The highest BCUT2D eigenvalue weighted by atomic mass is 32.2. The molecule has 1 aromatic rings. The molecule has 0 aliphatic heterocycles. The first-order valence-electron chi connectivity index (χ1n) is 6.46. The minimum absolute atomic E-state index is 0.0362. The van der Waals surface area contributed by atoms with E-state index in [1.807, 2.05) is 0 Å². The molecule has 1 aliphatic carbocycles. The monoisotopic (exact) mass is 284 g/mol. The van der Waals surface area contributed by atoms with Crippen LogP contribution in [0.1, 0.15) is 19.8 Å². The quantitative estimate of drug-likeness (QED) is 0.702. The van der Waals surface area contributed by atoms with E-state index in [1.165, 1.54) is 0 Å². The summed E-state index contributed by atoms with van der Waals surface area (Å²) in [6.07, 6.45) is 2.09. The molecule has 0 aromatic heterocycles. The first kappa shape index (κ1) is 14.3. The Bertz CT molecular complexity index is 521. The molecule has 6 heteroatoms. The van der Waals surface area contributed by atoms with Crippen molar-refractivity contribution in [2.45, 2.75) is 24.7 Å². The number of rotatable bonds is 7. The fourth-order valence-electron chi connectivity index (χ4n) is 1.88. The average Bonchev–Trinajstić information content (AvgIpc) is 3.17. The van der Waals surface area contributed by atoms with Gasteiger partial charge in [0.2, 0.25) is 10.0 Å². The van der Waals surface area contributed by atoms with Gasteiger partial charge in [0, 0.05) is 24.2 Å². The fourth-order valence-corrected chi connectivity index (χ4v) is 2.92. The Morgan fingerprint density at radius 2 is 1.89 bits per heavy atom. The molecule has 2 rings (SSSR count). The molecule has 0 radical (unpaired) electrons. The van der Waals surface area contributed by atoms with Crippen molar-refractivity contribution in [3.05, 3.63) is 24.3 Å². The summed E-state index contributed by atoms with van der Waals surface area (Å²) in [5, 5.41) is 12.5. The highest BCUT2D eigenvalue weighted by Crippen LogP contribution is 2.44. The summed E-state index contributed by atoms with van der Waals surface area (Å²) < 4.78 is 26.0. The third-order valence-electron chi connectivity index (χ3n) is 3.46. The first-order chi connectivity index (χ1) is 9.01. The van der Waals surface area contributed by atoms with E-state index in [-0.39, 0.29) is 16.9 Å². The number of nitrogens with one attached hydrogen (secondary N) is 2. The standard InChI is InChI=1S/C13H20N2O3S/c1-2-15-19(17,18)12-5-3-11(4-6-12)14-9-13(10-16)7-8-13/h3-6,14-16H,2,7-10H2,1H3. The van der Waals surface area contributed by atoms with E-state index in [0.29, 0.717) is 6.54 Å². The van der Waals surface area contributed by atoms with Crippen LogP contribution in [-0.2, 0) is 10.0 Å². The number of anilines is 1. The number of sulfonamides is 1. The fraction of sp³-hybridized carbons (Fsp3) is 0.538. The van der Waals surface area contributed by atoms with Gasteiger partial charge >= 0.3 is 0 Å². The molecule has 1 aliphatic rings. The average molecular weight is 284 g/mol. The van der Waals surface area contributed by atoms with Gasteiger partial charge in [-0.2, -0.15) is 0 Å². The van der Waals surface area contributed by atoms with Crippen molar-refractivity contribution in [3.8, 4) is 0 Å². The van der Waals surface area contributed by atoms with Crippen molar-refractivity contribution in [1.29, 1.82) is 0 Å². The number of hydrogen-bond acceptors (Lipinski definition) is 4. The summed E-state index contributed by atoms with van der Waals surface area (Å²) in [6.45, 7) is 3.05. The highest BCUT2D eigenvalue weighted by Gasteiger charge is 2.41. The predicted molar refractivity (Wildman–Crippen MR) is 74.5 cm³/mol. The Balaban J connectivity index is 1.99. The smallest absolute Gasteiger partial charge is 0.240 e. The van der Waals surface area contributed by atoms with Crippen LogP contribution in [0, 0.1) is 5.41 Å². The van der Waals surface area contributed by atoms with E-state index in [1.54, 1.807) is 31.2 Å². The van der Waals surface area contributed by atoms with Gasteiger partial charge in [0.15, 0.2) is 0 Å². The lowest BCUT2D eigenvalue weighted by Gasteiger charge is -2.14. The molecule has 0 saturated heterocycles. The lowest BCUT2D eigenvalue weighted by Crippen LogP contribution is -2.23. The maximum atomic E-state index is 11.8. The van der Waals surface area contributed by atoms with Crippen molar-refractivity contribution >= 4 is 15.7 Å². The van der Waals surface area contributed by atoms with Crippen LogP contribution in [0.2, 0.25) is 0 Å². The number of aliphatic hydroxyl groups excluding tert-OH is 1. The molecule has 3 N–H and O–H groups in total. The van der Waals surface area contributed by atoms with Crippen molar-refractivity contribution in [2.75, 3.05) is 25.0 Å². The third-order valence-corrected chi connectivity index (χ3v) is 5.02. The lowest BCUT2D eigenvalue weighted by molar-refractivity contribution is 0.220. The molecule has 0 unspecified atom stereocenters. The molecular weight excluding hydrogens is 264 g/mol. The zero-order valence-corrected chi connectivity index (χ0v) is 11.8. The van der Waals surface area contributed by atoms with E-state index >= 15 is 0 Å². The second-order valence-electron chi connectivity index (χ2n) is 5.04. The Morgan fingerprint density at radius 1 is 1.26 bits per heavy atom. The van der Waals surface area contributed by atoms with Gasteiger partial charge in [0.05, 0.1) is 11.5 Å². The molecule has 0 atom stereocenters. The molecular formula is C13H20N2O3S. The van der Waals surface area contributed by atoms with Crippen LogP contribution >= 0.6 is 0 Å². The van der Waals surface area contributed by atoms with Crippen LogP contribution in [-0.4, -0.2) is 33.2 Å². The second-order valence-corrected chi connectivity index (χ2v) is 6.80. The number of aliphatic hydroxyl groups is 1. The summed E-state index contributed by atoms with van der Waals surface area (Å²) >= 11 is 0. The molecule has 1 saturated carbocycles. The van der Waals surface area contributed by atoms with E-state index in [0.717, 1.165) is 25.1 Å². The zero-order valence-electron chi connectivity index (χ0n) is 11.0. The van der Waals surface area contributed by atoms with E-state index in [2.05, 4.69) is 10.0 Å². The Morgan fingerprint density at radius 3 is 2.37 bits per heavy atom. The van der Waals surface area contributed by atoms with Crippen LogP contribution in [0.15, 0.2) is 29.2 Å². The minimum atomic E-state index is -3.38. The largest absolute Gasteiger partial charge is 0.396 e. The predicted octanol–water partition coefficient (Wildman–Crippen LogP) is 1.17. The van der Waals surface area contributed by atoms with E-state index in [4.69, 9.17) is 0 Å². The number of benzene rings is 1. The van der Waals surface area contributed by atoms with Gasteiger partial charge in [-0.3, -0.25) is 0 Å². The summed E-state index contributed by atoms with van der Waals surface area (Å²) in [4.78, 5) is 0.267. The maximum Gasteiger partial charge on any atom is 0.240 e. The third kappa shape index (κ3) is 3.46. The molecule has 1 aromatic carbocycles. The van der Waals surface area contributed by atoms with Crippen LogP contribution in [0.5, 0.6) is 0 Å². The Labute approximate surface area is 114 Å². The van der Waals surface area contributed by atoms with Gasteiger partial charge in [0.1, 0.15) is 0 Å². The molecule has 0 bridgehead atoms. The van der Waals surface area contributed by atoms with Crippen molar-refractivity contribution in [1.82, 2.24) is 4.72 Å². The van der Waals surface area contributed by atoms with Crippen LogP contribution in [0.25, 0.3) is 0 Å². The van der Waals surface area contributed by atoms with Gasteiger partial charge in [-0.1, -0.05) is 6.92 Å². The van der Waals surface area contributed by atoms with E-state index < -0.39 is 10.0 Å². The minimum Gasteiger partial charge on any atom is -0.396 e. The zero-order chi connectivity index (χ0) is 13.9. The lowest BCUT2D eigenvalue weighted by atomic mass is 10.1. The van der Waals surface area contributed by atoms with Gasteiger partial charge in [-0.05, 0) is 37.1 Å². The van der Waals surface area contributed by atoms with Gasteiger partial charge in [0.25, 0.3) is 0 Å². The molecule has 106 valence electrons. The molecule has 5 nitrogen and oxygen atoms in total. The maximum absolute atomic E-state index is 11.8. The summed E-state index contributed by atoms with van der Waals surface area (Å²) in [7, 11) is -3.38. The SMILES string of the molecule is CCNS(=O)(=O)c1ccc(NCC2(CO)CC2)cc1. The van der Waals surface area contributed by atoms with Crippen molar-refractivity contribution < 1.29 is 13.5 Å². The van der Waals surface area contributed by atoms with Crippen molar-refractivity contribution in [2.24, 2.45) is 5.41 Å². The topological polar surface area (TPSA) is 78.4 Å². The summed E-state index contributed by atoms with van der Waals surface area (Å²) in [6, 6.07) is 6.66. The second kappa shape index (κ2) is 5.48. The van der Waals surface area contributed by atoms with Crippen LogP contribution in [0.3, 0.4) is 0 Å². The van der Waals surface area contributed by atoms with Crippen molar-refractivity contribution in [3.63, 3.8) is 0 Å². The Kier molecular flexibility index (Phi) is 4.13. The molecule has 19 heavy (non-hydrogen) atoms. The van der Waals surface area contributed by atoms with Gasteiger partial charge in [-0.25, -0.2) is 13.1 Å². The first-order valence-corrected chi connectivity index (χ1v) is 7.94. The molecule has 1 fully saturated rings. The van der Waals surface area contributed by atoms with Gasteiger partial charge in [-0.15, -0.1) is 0 Å². The highest BCUT2D eigenvalue weighted by molar-refractivity contribution is 7.89. The molecule has 0 spiro atoms. The van der Waals surface area contributed by atoms with E-state index in [9.17, 15) is 13.5 Å². The summed E-state index contributed by atoms with van der Waals surface area (Å²) in [5.74, 6) is 0. The number of hydrogen-bond donors (Lipinski definition) is 3.